The molecule has 0 aromatic heterocycles. The van der Waals surface area contributed by atoms with Crippen molar-refractivity contribution in [2.24, 2.45) is 11.8 Å². The fourth-order valence-electron chi connectivity index (χ4n) is 2.52. The lowest BCUT2D eigenvalue weighted by Gasteiger charge is -2.16. The van der Waals surface area contributed by atoms with Crippen molar-refractivity contribution in [2.75, 3.05) is 6.54 Å². The SMILES string of the molecule is CC1CCCC1CNC(=O)c1cc(I)ccc1Br. The van der Waals surface area contributed by atoms with Crippen LogP contribution in [0.4, 0.5) is 0 Å². The number of benzene rings is 1. The highest BCUT2D eigenvalue weighted by atomic mass is 127. The third-order valence-electron chi connectivity index (χ3n) is 3.74. The molecule has 2 unspecified atom stereocenters. The Bertz CT molecular complexity index is 449. The third-order valence-corrected chi connectivity index (χ3v) is 5.10. The lowest BCUT2D eigenvalue weighted by molar-refractivity contribution is 0.0944. The number of hydrogen-bond acceptors (Lipinski definition) is 1. The molecule has 1 fully saturated rings. The summed E-state index contributed by atoms with van der Waals surface area (Å²) < 4.78 is 1.94. The second-order valence-electron chi connectivity index (χ2n) is 5.00. The molecule has 18 heavy (non-hydrogen) atoms. The van der Waals surface area contributed by atoms with Gasteiger partial charge in [-0.05, 0) is 75.0 Å². The zero-order valence-corrected chi connectivity index (χ0v) is 14.1. The summed E-state index contributed by atoms with van der Waals surface area (Å²) in [5, 5.41) is 3.07. The number of carbonyl (C=O) groups excluding carboxylic acids is 1. The van der Waals surface area contributed by atoms with E-state index in [2.05, 4.69) is 50.8 Å². The first kappa shape index (κ1) is 14.3. The van der Waals surface area contributed by atoms with E-state index in [4.69, 9.17) is 0 Å². The van der Waals surface area contributed by atoms with E-state index >= 15 is 0 Å². The maximum absolute atomic E-state index is 12.1. The van der Waals surface area contributed by atoms with Crippen molar-refractivity contribution in [1.29, 1.82) is 0 Å². The number of rotatable bonds is 3. The molecule has 1 amide bonds. The van der Waals surface area contributed by atoms with Gasteiger partial charge < -0.3 is 5.32 Å². The third kappa shape index (κ3) is 3.47. The summed E-state index contributed by atoms with van der Waals surface area (Å²) in [7, 11) is 0. The monoisotopic (exact) mass is 421 g/mol. The standard InChI is InChI=1S/C14H17BrINO/c1-9-3-2-4-10(9)8-17-14(18)12-7-11(16)5-6-13(12)15/h5-7,9-10H,2-4,8H2,1H3,(H,17,18). The first-order chi connectivity index (χ1) is 8.58. The fourth-order valence-corrected chi connectivity index (χ4v) is 3.43. The molecule has 0 aliphatic heterocycles. The van der Waals surface area contributed by atoms with Gasteiger partial charge in [0, 0.05) is 14.6 Å². The van der Waals surface area contributed by atoms with Gasteiger partial charge in [-0.3, -0.25) is 4.79 Å². The molecule has 1 aliphatic carbocycles. The minimum atomic E-state index is 0.0273. The number of halogens is 2. The molecule has 2 atom stereocenters. The summed E-state index contributed by atoms with van der Waals surface area (Å²) in [6, 6.07) is 5.83. The average molecular weight is 422 g/mol. The summed E-state index contributed by atoms with van der Waals surface area (Å²) >= 11 is 5.66. The second-order valence-corrected chi connectivity index (χ2v) is 7.10. The fraction of sp³-hybridized carbons (Fsp3) is 0.500. The predicted octanol–water partition coefficient (Wildman–Crippen LogP) is 4.22. The molecule has 1 N–H and O–H groups in total. The normalized spacial score (nSPS) is 23.1. The van der Waals surface area contributed by atoms with E-state index < -0.39 is 0 Å². The molecule has 0 radical (unpaired) electrons. The van der Waals surface area contributed by atoms with E-state index in [0.717, 1.165) is 26.1 Å². The van der Waals surface area contributed by atoms with Crippen LogP contribution in [-0.2, 0) is 0 Å². The zero-order valence-electron chi connectivity index (χ0n) is 10.4. The molecule has 0 bridgehead atoms. The van der Waals surface area contributed by atoms with Crippen LogP contribution in [0.15, 0.2) is 22.7 Å². The predicted molar refractivity (Wildman–Crippen MR) is 85.7 cm³/mol. The van der Waals surface area contributed by atoms with Crippen LogP contribution in [0.1, 0.15) is 36.5 Å². The maximum atomic E-state index is 12.1. The first-order valence-electron chi connectivity index (χ1n) is 6.31. The maximum Gasteiger partial charge on any atom is 0.252 e. The molecule has 1 aromatic carbocycles. The minimum Gasteiger partial charge on any atom is -0.352 e. The second kappa shape index (κ2) is 6.37. The molecule has 0 heterocycles. The van der Waals surface area contributed by atoms with Crippen molar-refractivity contribution in [3.63, 3.8) is 0 Å². The molecule has 1 aromatic rings. The van der Waals surface area contributed by atoms with Gasteiger partial charge in [-0.15, -0.1) is 0 Å². The van der Waals surface area contributed by atoms with Crippen molar-refractivity contribution in [2.45, 2.75) is 26.2 Å². The zero-order chi connectivity index (χ0) is 13.1. The highest BCUT2D eigenvalue weighted by molar-refractivity contribution is 14.1. The highest BCUT2D eigenvalue weighted by Crippen LogP contribution is 2.30. The molecule has 1 aliphatic rings. The average Bonchev–Trinajstić information content (AvgIpc) is 2.75. The van der Waals surface area contributed by atoms with Crippen LogP contribution in [0, 0.1) is 15.4 Å². The molecule has 1 saturated carbocycles. The van der Waals surface area contributed by atoms with E-state index in [1.54, 1.807) is 0 Å². The summed E-state index contributed by atoms with van der Waals surface area (Å²) in [6.07, 6.45) is 3.84. The van der Waals surface area contributed by atoms with Crippen LogP contribution in [0.2, 0.25) is 0 Å². The van der Waals surface area contributed by atoms with Gasteiger partial charge >= 0.3 is 0 Å². The molecular formula is C14H17BrINO. The highest BCUT2D eigenvalue weighted by Gasteiger charge is 2.23. The number of nitrogens with one attached hydrogen (secondary N) is 1. The van der Waals surface area contributed by atoms with Crippen molar-refractivity contribution in [3.8, 4) is 0 Å². The minimum absolute atomic E-state index is 0.0273. The molecule has 0 saturated heterocycles. The molecule has 0 spiro atoms. The number of hydrogen-bond donors (Lipinski definition) is 1. The number of amides is 1. The van der Waals surface area contributed by atoms with Crippen LogP contribution in [0.3, 0.4) is 0 Å². The van der Waals surface area contributed by atoms with Crippen molar-refractivity contribution in [1.82, 2.24) is 5.32 Å². The van der Waals surface area contributed by atoms with Gasteiger partial charge in [0.25, 0.3) is 5.91 Å². The Hall–Kier alpha value is -0.100. The Morgan fingerprint density at radius 2 is 2.28 bits per heavy atom. The summed E-state index contributed by atoms with van der Waals surface area (Å²) in [5.41, 5.74) is 0.729. The first-order valence-corrected chi connectivity index (χ1v) is 8.18. The Labute approximate surface area is 130 Å². The Morgan fingerprint density at radius 1 is 1.50 bits per heavy atom. The molecule has 2 rings (SSSR count). The topological polar surface area (TPSA) is 29.1 Å². The van der Waals surface area contributed by atoms with Gasteiger partial charge in [0.05, 0.1) is 5.56 Å². The molecular weight excluding hydrogens is 405 g/mol. The van der Waals surface area contributed by atoms with Crippen molar-refractivity contribution in [3.05, 3.63) is 31.8 Å². The van der Waals surface area contributed by atoms with Gasteiger partial charge in [0.1, 0.15) is 0 Å². The molecule has 2 nitrogen and oxygen atoms in total. The quantitative estimate of drug-likeness (QED) is 0.727. The van der Waals surface area contributed by atoms with Gasteiger partial charge in [0.15, 0.2) is 0 Å². The van der Waals surface area contributed by atoms with E-state index in [1.807, 2.05) is 18.2 Å². The lowest BCUT2D eigenvalue weighted by Crippen LogP contribution is -2.30. The van der Waals surface area contributed by atoms with Crippen LogP contribution in [-0.4, -0.2) is 12.5 Å². The summed E-state index contributed by atoms with van der Waals surface area (Å²) in [5.74, 6) is 1.42. The van der Waals surface area contributed by atoms with E-state index in [-0.39, 0.29) is 5.91 Å². The van der Waals surface area contributed by atoms with Crippen LogP contribution < -0.4 is 5.32 Å². The summed E-state index contributed by atoms with van der Waals surface area (Å²) in [6.45, 7) is 3.09. The lowest BCUT2D eigenvalue weighted by atomic mass is 9.98. The van der Waals surface area contributed by atoms with E-state index in [1.165, 1.54) is 19.3 Å². The van der Waals surface area contributed by atoms with Gasteiger partial charge in [-0.2, -0.15) is 0 Å². The molecule has 4 heteroatoms. The van der Waals surface area contributed by atoms with Crippen molar-refractivity contribution < 1.29 is 4.79 Å². The Morgan fingerprint density at radius 3 is 2.94 bits per heavy atom. The van der Waals surface area contributed by atoms with Gasteiger partial charge in [-0.1, -0.05) is 19.8 Å². The van der Waals surface area contributed by atoms with Crippen LogP contribution in [0.25, 0.3) is 0 Å². The van der Waals surface area contributed by atoms with E-state index in [9.17, 15) is 4.79 Å². The smallest absolute Gasteiger partial charge is 0.252 e. The summed E-state index contributed by atoms with van der Waals surface area (Å²) in [4.78, 5) is 12.1. The molecule has 98 valence electrons. The van der Waals surface area contributed by atoms with Crippen molar-refractivity contribution >= 4 is 44.4 Å². The van der Waals surface area contributed by atoms with Gasteiger partial charge in [-0.25, -0.2) is 0 Å². The van der Waals surface area contributed by atoms with Crippen LogP contribution >= 0.6 is 38.5 Å². The van der Waals surface area contributed by atoms with E-state index in [0.29, 0.717) is 5.92 Å². The van der Waals surface area contributed by atoms with Gasteiger partial charge in [0.2, 0.25) is 0 Å². The number of carbonyl (C=O) groups is 1. The Kier molecular flexibility index (Phi) is 5.06. The van der Waals surface area contributed by atoms with Crippen LogP contribution in [0.5, 0.6) is 0 Å². The largest absolute Gasteiger partial charge is 0.352 e. The Balaban J connectivity index is 1.97.